The van der Waals surface area contributed by atoms with Crippen LogP contribution in [0.5, 0.6) is 11.5 Å². The van der Waals surface area contributed by atoms with Gasteiger partial charge >= 0.3 is 0 Å². The first kappa shape index (κ1) is 15.2. The first-order valence-corrected chi connectivity index (χ1v) is 7.09. The third kappa shape index (κ3) is 3.46. The van der Waals surface area contributed by atoms with E-state index in [1.165, 1.54) is 14.2 Å². The first-order chi connectivity index (χ1) is 10.1. The number of carbonyl (C=O) groups is 1. The quantitative estimate of drug-likeness (QED) is 0.924. The summed E-state index contributed by atoms with van der Waals surface area (Å²) >= 11 is 0. The fourth-order valence-electron chi connectivity index (χ4n) is 2.65. The van der Waals surface area contributed by atoms with E-state index in [1.54, 1.807) is 18.2 Å². The van der Waals surface area contributed by atoms with Crippen molar-refractivity contribution in [2.75, 3.05) is 14.2 Å². The fraction of sp³-hybridized carbons (Fsp3) is 0.500. The summed E-state index contributed by atoms with van der Waals surface area (Å²) in [7, 11) is 3.07. The van der Waals surface area contributed by atoms with Crippen molar-refractivity contribution in [2.45, 2.75) is 37.6 Å². The van der Waals surface area contributed by atoms with Gasteiger partial charge in [-0.05, 0) is 25.0 Å². The molecule has 5 heteroatoms. The highest BCUT2D eigenvalue weighted by molar-refractivity contribution is 5.95. The predicted molar refractivity (Wildman–Crippen MR) is 78.4 cm³/mol. The highest BCUT2D eigenvalue weighted by atomic mass is 16.5. The number of hydrogen-bond acceptors (Lipinski definition) is 4. The smallest absolute Gasteiger partial charge is 0.252 e. The number of rotatable bonds is 4. The molecule has 0 spiro atoms. The molecule has 0 heterocycles. The zero-order valence-electron chi connectivity index (χ0n) is 12.4. The molecule has 1 amide bonds. The van der Waals surface area contributed by atoms with E-state index < -0.39 is 5.54 Å². The largest absolute Gasteiger partial charge is 0.497 e. The van der Waals surface area contributed by atoms with Crippen molar-refractivity contribution in [3.63, 3.8) is 0 Å². The van der Waals surface area contributed by atoms with E-state index in [1.807, 2.05) is 0 Å². The number of hydrogen-bond donors (Lipinski definition) is 1. The van der Waals surface area contributed by atoms with Gasteiger partial charge in [-0.2, -0.15) is 5.26 Å². The molecule has 0 unspecified atom stereocenters. The Kier molecular flexibility index (Phi) is 4.69. The molecule has 1 aromatic rings. The second-order valence-corrected chi connectivity index (χ2v) is 5.31. The van der Waals surface area contributed by atoms with Crippen LogP contribution in [-0.2, 0) is 0 Å². The molecule has 5 nitrogen and oxygen atoms in total. The van der Waals surface area contributed by atoms with Gasteiger partial charge < -0.3 is 14.8 Å². The molecule has 1 fully saturated rings. The lowest BCUT2D eigenvalue weighted by molar-refractivity contribution is 0.0902. The molecular weight excluding hydrogens is 268 g/mol. The molecule has 1 aliphatic rings. The van der Waals surface area contributed by atoms with Gasteiger partial charge in [-0.15, -0.1) is 0 Å². The molecule has 0 aliphatic heterocycles. The Morgan fingerprint density at radius 3 is 2.19 bits per heavy atom. The van der Waals surface area contributed by atoms with Crippen molar-refractivity contribution in [3.8, 4) is 17.6 Å². The summed E-state index contributed by atoms with van der Waals surface area (Å²) < 4.78 is 10.3. The van der Waals surface area contributed by atoms with Crippen LogP contribution in [-0.4, -0.2) is 25.7 Å². The van der Waals surface area contributed by atoms with E-state index >= 15 is 0 Å². The molecule has 1 aromatic carbocycles. The Morgan fingerprint density at radius 1 is 1.14 bits per heavy atom. The molecule has 0 saturated heterocycles. The Balaban J connectivity index is 2.21. The molecule has 1 saturated carbocycles. The SMILES string of the molecule is COc1cc(OC)cc(C(=O)NC2(C#N)CCCCC2)c1. The third-order valence-electron chi connectivity index (χ3n) is 3.89. The zero-order valence-corrected chi connectivity index (χ0v) is 12.4. The summed E-state index contributed by atoms with van der Waals surface area (Å²) in [6.45, 7) is 0. The molecule has 1 N–H and O–H groups in total. The average molecular weight is 288 g/mol. The maximum absolute atomic E-state index is 12.4. The maximum Gasteiger partial charge on any atom is 0.252 e. The van der Waals surface area contributed by atoms with Crippen LogP contribution in [0.15, 0.2) is 18.2 Å². The van der Waals surface area contributed by atoms with Crippen molar-refractivity contribution < 1.29 is 14.3 Å². The number of carbonyl (C=O) groups excluding carboxylic acids is 1. The highest BCUT2D eigenvalue weighted by Gasteiger charge is 2.33. The van der Waals surface area contributed by atoms with Gasteiger partial charge in [0.05, 0.1) is 20.3 Å². The number of benzene rings is 1. The third-order valence-corrected chi connectivity index (χ3v) is 3.89. The van der Waals surface area contributed by atoms with Crippen LogP contribution >= 0.6 is 0 Å². The highest BCUT2D eigenvalue weighted by Crippen LogP contribution is 2.29. The molecule has 0 radical (unpaired) electrons. The van der Waals surface area contributed by atoms with Gasteiger partial charge in [-0.3, -0.25) is 4.79 Å². The topological polar surface area (TPSA) is 71.3 Å². The standard InChI is InChI=1S/C16H20N2O3/c1-20-13-8-12(9-14(10-13)21-2)15(19)18-16(11-17)6-4-3-5-7-16/h8-10H,3-7H2,1-2H3,(H,18,19). The lowest BCUT2D eigenvalue weighted by Crippen LogP contribution is -2.48. The van der Waals surface area contributed by atoms with E-state index in [9.17, 15) is 10.1 Å². The Hall–Kier alpha value is -2.22. The summed E-state index contributed by atoms with van der Waals surface area (Å²) in [6.07, 6.45) is 4.46. The number of nitriles is 1. The lowest BCUT2D eigenvalue weighted by atomic mass is 9.82. The maximum atomic E-state index is 12.4. The monoisotopic (exact) mass is 288 g/mol. The Bertz CT molecular complexity index is 535. The van der Waals surface area contributed by atoms with Crippen LogP contribution in [0.3, 0.4) is 0 Å². The van der Waals surface area contributed by atoms with E-state index in [0.717, 1.165) is 19.3 Å². The number of methoxy groups -OCH3 is 2. The molecule has 1 aliphatic carbocycles. The average Bonchev–Trinajstić information content (AvgIpc) is 2.55. The number of ether oxygens (including phenoxy) is 2. The number of nitrogens with zero attached hydrogens (tertiary/aromatic N) is 1. The molecule has 112 valence electrons. The second-order valence-electron chi connectivity index (χ2n) is 5.31. The van der Waals surface area contributed by atoms with Crippen molar-refractivity contribution in [3.05, 3.63) is 23.8 Å². The van der Waals surface area contributed by atoms with Crippen LogP contribution in [0.25, 0.3) is 0 Å². The van der Waals surface area contributed by atoms with E-state index in [4.69, 9.17) is 9.47 Å². The van der Waals surface area contributed by atoms with E-state index in [2.05, 4.69) is 11.4 Å². The van der Waals surface area contributed by atoms with Crippen LogP contribution in [0.1, 0.15) is 42.5 Å². The van der Waals surface area contributed by atoms with Crippen LogP contribution in [0.2, 0.25) is 0 Å². The van der Waals surface area contributed by atoms with Crippen LogP contribution < -0.4 is 14.8 Å². The molecule has 0 aromatic heterocycles. The fourth-order valence-corrected chi connectivity index (χ4v) is 2.65. The van der Waals surface area contributed by atoms with Gasteiger partial charge in [-0.25, -0.2) is 0 Å². The lowest BCUT2D eigenvalue weighted by Gasteiger charge is -2.31. The van der Waals surface area contributed by atoms with Gasteiger partial charge in [0.1, 0.15) is 17.0 Å². The predicted octanol–water partition coefficient (Wildman–Crippen LogP) is 2.66. The minimum atomic E-state index is -0.744. The summed E-state index contributed by atoms with van der Waals surface area (Å²) in [5, 5.41) is 12.3. The first-order valence-electron chi connectivity index (χ1n) is 7.09. The van der Waals surface area contributed by atoms with Gasteiger partial charge in [0.15, 0.2) is 0 Å². The van der Waals surface area contributed by atoms with Crippen molar-refractivity contribution >= 4 is 5.91 Å². The minimum Gasteiger partial charge on any atom is -0.497 e. The summed E-state index contributed by atoms with van der Waals surface area (Å²) in [5.74, 6) is 0.832. The summed E-state index contributed by atoms with van der Waals surface area (Å²) in [6, 6.07) is 7.28. The van der Waals surface area contributed by atoms with E-state index in [-0.39, 0.29) is 5.91 Å². The molecular formula is C16H20N2O3. The summed E-state index contributed by atoms with van der Waals surface area (Å²) in [4.78, 5) is 12.4. The second kappa shape index (κ2) is 6.49. The molecule has 0 atom stereocenters. The molecule has 21 heavy (non-hydrogen) atoms. The Morgan fingerprint density at radius 2 is 1.71 bits per heavy atom. The van der Waals surface area contributed by atoms with Crippen molar-refractivity contribution in [1.29, 1.82) is 5.26 Å². The van der Waals surface area contributed by atoms with Gasteiger partial charge in [-0.1, -0.05) is 19.3 Å². The van der Waals surface area contributed by atoms with Crippen molar-refractivity contribution in [1.82, 2.24) is 5.32 Å². The molecule has 2 rings (SSSR count). The number of nitrogens with one attached hydrogen (secondary N) is 1. The van der Waals surface area contributed by atoms with Gasteiger partial charge in [0, 0.05) is 11.6 Å². The Labute approximate surface area is 124 Å². The summed E-state index contributed by atoms with van der Waals surface area (Å²) in [5.41, 5.74) is -0.308. The normalized spacial score (nSPS) is 16.6. The van der Waals surface area contributed by atoms with Crippen LogP contribution in [0, 0.1) is 11.3 Å². The van der Waals surface area contributed by atoms with E-state index in [0.29, 0.717) is 29.9 Å². The van der Waals surface area contributed by atoms with Gasteiger partial charge in [0.2, 0.25) is 0 Å². The number of amides is 1. The molecule has 0 bridgehead atoms. The van der Waals surface area contributed by atoms with Gasteiger partial charge in [0.25, 0.3) is 5.91 Å². The minimum absolute atomic E-state index is 0.268. The zero-order chi connectivity index (χ0) is 15.3. The van der Waals surface area contributed by atoms with Crippen molar-refractivity contribution in [2.24, 2.45) is 0 Å². The van der Waals surface area contributed by atoms with Crippen LogP contribution in [0.4, 0.5) is 0 Å².